The normalized spacial score (nSPS) is 9.94. The smallest absolute Gasteiger partial charge is 0.260 e. The second-order valence-electron chi connectivity index (χ2n) is 3.65. The molecule has 0 aliphatic heterocycles. The molecule has 1 amide bonds. The first-order valence-electron chi connectivity index (χ1n) is 5.77. The van der Waals surface area contributed by atoms with E-state index in [0.717, 1.165) is 6.07 Å². The zero-order chi connectivity index (χ0) is 13.5. The summed E-state index contributed by atoms with van der Waals surface area (Å²) in [5, 5.41) is 0. The Kier molecular flexibility index (Phi) is 5.30. The van der Waals surface area contributed by atoms with Crippen LogP contribution in [0.1, 0.15) is 24.2 Å². The molecule has 0 N–H and O–H groups in total. The van der Waals surface area contributed by atoms with E-state index >= 15 is 0 Å². The van der Waals surface area contributed by atoms with Crippen molar-refractivity contribution in [2.24, 2.45) is 0 Å². The van der Waals surface area contributed by atoms with Gasteiger partial charge in [-0.05, 0) is 32.0 Å². The molecular weight excluding hydrogens is 237 g/mol. The molecule has 0 saturated carbocycles. The Labute approximate surface area is 105 Å². The van der Waals surface area contributed by atoms with Gasteiger partial charge in [0.1, 0.15) is 11.6 Å². The Morgan fingerprint density at radius 3 is 2.61 bits per heavy atom. The van der Waals surface area contributed by atoms with E-state index in [2.05, 4.69) is 0 Å². The minimum Gasteiger partial charge on any atom is -0.483 e. The monoisotopic (exact) mass is 253 g/mol. The van der Waals surface area contributed by atoms with Crippen molar-refractivity contribution in [1.82, 2.24) is 4.90 Å². The van der Waals surface area contributed by atoms with Crippen molar-refractivity contribution in [3.05, 3.63) is 29.6 Å². The SMILES string of the molecule is CCN(CC)C(=O)COc1ccc(F)cc1C=O. The number of amides is 1. The van der Waals surface area contributed by atoms with E-state index < -0.39 is 5.82 Å². The summed E-state index contributed by atoms with van der Waals surface area (Å²) in [4.78, 5) is 24.0. The quantitative estimate of drug-likeness (QED) is 0.727. The van der Waals surface area contributed by atoms with Gasteiger partial charge in [-0.3, -0.25) is 9.59 Å². The lowest BCUT2D eigenvalue weighted by Crippen LogP contribution is -2.34. The molecule has 0 atom stereocenters. The second-order valence-corrected chi connectivity index (χ2v) is 3.65. The van der Waals surface area contributed by atoms with Crippen LogP contribution in [-0.2, 0) is 4.79 Å². The van der Waals surface area contributed by atoms with Gasteiger partial charge >= 0.3 is 0 Å². The Balaban J connectivity index is 2.69. The average molecular weight is 253 g/mol. The largest absolute Gasteiger partial charge is 0.483 e. The highest BCUT2D eigenvalue weighted by molar-refractivity contribution is 5.80. The van der Waals surface area contributed by atoms with Gasteiger partial charge < -0.3 is 9.64 Å². The number of hydrogen-bond donors (Lipinski definition) is 0. The van der Waals surface area contributed by atoms with Crippen molar-refractivity contribution < 1.29 is 18.7 Å². The first kappa shape index (κ1) is 14.2. The standard InChI is InChI=1S/C13H16FNO3/c1-3-15(4-2)13(17)9-18-12-6-5-11(14)7-10(12)8-16/h5-8H,3-4,9H2,1-2H3. The molecule has 0 radical (unpaired) electrons. The van der Waals surface area contributed by atoms with Gasteiger partial charge in [0.2, 0.25) is 0 Å². The Bertz CT molecular complexity index is 430. The summed E-state index contributed by atoms with van der Waals surface area (Å²) in [6.07, 6.45) is 0.500. The van der Waals surface area contributed by atoms with Gasteiger partial charge in [-0.25, -0.2) is 4.39 Å². The van der Waals surface area contributed by atoms with Crippen LogP contribution >= 0.6 is 0 Å². The van der Waals surface area contributed by atoms with E-state index in [1.165, 1.54) is 12.1 Å². The highest BCUT2D eigenvalue weighted by Gasteiger charge is 2.12. The number of carbonyl (C=O) groups is 2. The third kappa shape index (κ3) is 3.55. The summed E-state index contributed by atoms with van der Waals surface area (Å²) in [5.74, 6) is -0.465. The summed E-state index contributed by atoms with van der Waals surface area (Å²) in [6, 6.07) is 3.60. The molecule has 18 heavy (non-hydrogen) atoms. The fourth-order valence-electron chi connectivity index (χ4n) is 1.55. The van der Waals surface area contributed by atoms with Crippen molar-refractivity contribution in [1.29, 1.82) is 0 Å². The zero-order valence-electron chi connectivity index (χ0n) is 10.5. The van der Waals surface area contributed by atoms with E-state index in [4.69, 9.17) is 4.74 Å². The lowest BCUT2D eigenvalue weighted by atomic mass is 10.2. The maximum absolute atomic E-state index is 12.9. The third-order valence-electron chi connectivity index (χ3n) is 2.57. The maximum atomic E-state index is 12.9. The molecular formula is C13H16FNO3. The molecule has 0 bridgehead atoms. The van der Waals surface area contributed by atoms with E-state index in [1.54, 1.807) is 4.90 Å². The number of hydrogen-bond acceptors (Lipinski definition) is 3. The molecule has 0 heterocycles. The molecule has 98 valence electrons. The number of likely N-dealkylation sites (N-methyl/N-ethyl adjacent to an activating group) is 1. The lowest BCUT2D eigenvalue weighted by molar-refractivity contribution is -0.132. The fraction of sp³-hybridized carbons (Fsp3) is 0.385. The van der Waals surface area contributed by atoms with Crippen molar-refractivity contribution in [2.45, 2.75) is 13.8 Å². The predicted molar refractivity (Wildman–Crippen MR) is 65.2 cm³/mol. The van der Waals surface area contributed by atoms with Crippen LogP contribution in [-0.4, -0.2) is 36.8 Å². The maximum Gasteiger partial charge on any atom is 0.260 e. The molecule has 1 aromatic carbocycles. The van der Waals surface area contributed by atoms with Gasteiger partial charge in [0.05, 0.1) is 5.56 Å². The van der Waals surface area contributed by atoms with Crippen molar-refractivity contribution in [2.75, 3.05) is 19.7 Å². The number of rotatable bonds is 6. The molecule has 0 saturated heterocycles. The number of halogens is 1. The number of ether oxygens (including phenoxy) is 1. The van der Waals surface area contributed by atoms with Crippen LogP contribution in [0.3, 0.4) is 0 Å². The van der Waals surface area contributed by atoms with Crippen molar-refractivity contribution >= 4 is 12.2 Å². The third-order valence-corrected chi connectivity index (χ3v) is 2.57. The van der Waals surface area contributed by atoms with E-state index in [0.29, 0.717) is 19.4 Å². The highest BCUT2D eigenvalue weighted by atomic mass is 19.1. The van der Waals surface area contributed by atoms with Gasteiger partial charge in [0.15, 0.2) is 12.9 Å². The van der Waals surface area contributed by atoms with Crippen LogP contribution in [0.4, 0.5) is 4.39 Å². The minimum atomic E-state index is -0.514. The van der Waals surface area contributed by atoms with Gasteiger partial charge in [-0.2, -0.15) is 0 Å². The molecule has 0 aliphatic carbocycles. The first-order chi connectivity index (χ1) is 8.62. The van der Waals surface area contributed by atoms with Crippen LogP contribution in [0.5, 0.6) is 5.75 Å². The van der Waals surface area contributed by atoms with Gasteiger partial charge in [0.25, 0.3) is 5.91 Å². The second kappa shape index (κ2) is 6.74. The summed E-state index contributed by atoms with van der Waals surface area (Å²) < 4.78 is 18.1. The molecule has 0 spiro atoms. The van der Waals surface area contributed by atoms with Crippen LogP contribution in [0, 0.1) is 5.82 Å². The van der Waals surface area contributed by atoms with Crippen LogP contribution in [0.2, 0.25) is 0 Å². The van der Waals surface area contributed by atoms with E-state index in [9.17, 15) is 14.0 Å². The van der Waals surface area contributed by atoms with Crippen LogP contribution in [0.15, 0.2) is 18.2 Å². The number of benzene rings is 1. The summed E-state index contributed by atoms with van der Waals surface area (Å²) in [6.45, 7) is 4.78. The van der Waals surface area contributed by atoms with Gasteiger partial charge in [0, 0.05) is 13.1 Å². The molecule has 0 fully saturated rings. The number of nitrogens with zero attached hydrogens (tertiary/aromatic N) is 1. The molecule has 0 aliphatic rings. The minimum absolute atomic E-state index is 0.0994. The summed E-state index contributed by atoms with van der Waals surface area (Å²) in [5.41, 5.74) is 0.0994. The van der Waals surface area contributed by atoms with E-state index in [1.807, 2.05) is 13.8 Å². The first-order valence-corrected chi connectivity index (χ1v) is 5.77. The fourth-order valence-corrected chi connectivity index (χ4v) is 1.55. The van der Waals surface area contributed by atoms with Crippen LogP contribution < -0.4 is 4.74 Å². The summed E-state index contributed by atoms with van der Waals surface area (Å²) >= 11 is 0. The average Bonchev–Trinajstić information content (AvgIpc) is 2.38. The number of aldehydes is 1. The Hall–Kier alpha value is -1.91. The van der Waals surface area contributed by atoms with Crippen LogP contribution in [0.25, 0.3) is 0 Å². The molecule has 5 heteroatoms. The molecule has 0 aromatic heterocycles. The number of carbonyl (C=O) groups excluding carboxylic acids is 2. The van der Waals surface area contributed by atoms with Crippen molar-refractivity contribution in [3.63, 3.8) is 0 Å². The molecule has 0 unspecified atom stereocenters. The van der Waals surface area contributed by atoms with Gasteiger partial charge in [-0.15, -0.1) is 0 Å². The van der Waals surface area contributed by atoms with Gasteiger partial charge in [-0.1, -0.05) is 0 Å². The highest BCUT2D eigenvalue weighted by Crippen LogP contribution is 2.17. The lowest BCUT2D eigenvalue weighted by Gasteiger charge is -2.18. The van der Waals surface area contributed by atoms with Crippen molar-refractivity contribution in [3.8, 4) is 5.75 Å². The molecule has 1 aromatic rings. The van der Waals surface area contributed by atoms with E-state index in [-0.39, 0.29) is 23.8 Å². The topological polar surface area (TPSA) is 46.6 Å². The molecule has 4 nitrogen and oxygen atoms in total. The zero-order valence-corrected chi connectivity index (χ0v) is 10.5. The Morgan fingerprint density at radius 2 is 2.06 bits per heavy atom. The predicted octanol–water partition coefficient (Wildman–Crippen LogP) is 1.89. The Morgan fingerprint density at radius 1 is 1.39 bits per heavy atom. The summed E-state index contributed by atoms with van der Waals surface area (Å²) in [7, 11) is 0. The molecule has 1 rings (SSSR count).